The number of imide groups is 1. The Bertz CT molecular complexity index is 618. The lowest BCUT2D eigenvalue weighted by Gasteiger charge is -2.36. The van der Waals surface area contributed by atoms with Crippen molar-refractivity contribution in [2.24, 2.45) is 5.41 Å². The van der Waals surface area contributed by atoms with Crippen LogP contribution >= 0.6 is 11.3 Å². The Morgan fingerprint density at radius 3 is 2.86 bits per heavy atom. The molecule has 4 nitrogen and oxygen atoms in total. The Morgan fingerprint density at radius 2 is 2.09 bits per heavy atom. The largest absolute Gasteiger partial charge is 0.278 e. The second-order valence-electron chi connectivity index (χ2n) is 6.97. The molecule has 0 aromatic carbocycles. The molecule has 2 fully saturated rings. The highest BCUT2D eigenvalue weighted by molar-refractivity contribution is 7.10. The molecule has 0 bridgehead atoms. The second kappa shape index (κ2) is 5.17. The lowest BCUT2D eigenvalue weighted by molar-refractivity contribution is -0.144. The molecule has 1 aliphatic carbocycles. The molecule has 1 saturated heterocycles. The van der Waals surface area contributed by atoms with Gasteiger partial charge in [0.15, 0.2) is 0 Å². The summed E-state index contributed by atoms with van der Waals surface area (Å²) in [6, 6.07) is 2.47. The molecule has 0 N–H and O–H groups in total. The van der Waals surface area contributed by atoms with Crippen LogP contribution in [0, 0.1) is 5.41 Å². The summed E-state index contributed by atoms with van der Waals surface area (Å²) in [5.41, 5.74) is 1.02. The summed E-state index contributed by atoms with van der Waals surface area (Å²) in [6.07, 6.45) is 5.45. The number of thiophene rings is 1. The van der Waals surface area contributed by atoms with Crippen molar-refractivity contribution in [3.63, 3.8) is 0 Å². The Balaban J connectivity index is 1.52. The van der Waals surface area contributed by atoms with Crippen LogP contribution in [0.5, 0.6) is 0 Å². The minimum absolute atomic E-state index is 0.0372. The van der Waals surface area contributed by atoms with E-state index >= 15 is 0 Å². The van der Waals surface area contributed by atoms with Crippen molar-refractivity contribution in [2.75, 3.05) is 13.2 Å². The van der Waals surface area contributed by atoms with Gasteiger partial charge in [-0.05, 0) is 43.2 Å². The summed E-state index contributed by atoms with van der Waals surface area (Å²) in [4.78, 5) is 30.5. The van der Waals surface area contributed by atoms with Crippen LogP contribution in [-0.2, 0) is 16.0 Å². The van der Waals surface area contributed by atoms with E-state index < -0.39 is 0 Å². The third-order valence-corrected chi connectivity index (χ3v) is 6.77. The molecule has 2 amide bonds. The van der Waals surface area contributed by atoms with E-state index in [1.807, 2.05) is 11.3 Å². The molecular formula is C17H22N2O2S. The van der Waals surface area contributed by atoms with Crippen LogP contribution in [0.3, 0.4) is 0 Å². The van der Waals surface area contributed by atoms with Crippen LogP contribution < -0.4 is 0 Å². The van der Waals surface area contributed by atoms with Gasteiger partial charge < -0.3 is 0 Å². The van der Waals surface area contributed by atoms with E-state index in [9.17, 15) is 9.59 Å². The summed E-state index contributed by atoms with van der Waals surface area (Å²) in [6.45, 7) is 3.58. The van der Waals surface area contributed by atoms with Gasteiger partial charge in [-0.2, -0.15) is 0 Å². The van der Waals surface area contributed by atoms with Gasteiger partial charge in [-0.1, -0.05) is 12.8 Å². The van der Waals surface area contributed by atoms with Gasteiger partial charge in [0, 0.05) is 23.9 Å². The minimum Gasteiger partial charge on any atom is -0.278 e. The van der Waals surface area contributed by atoms with Gasteiger partial charge in [0.1, 0.15) is 0 Å². The maximum absolute atomic E-state index is 12.8. The fraction of sp³-hybridized carbons (Fsp3) is 0.647. The molecule has 2 aliphatic heterocycles. The van der Waals surface area contributed by atoms with Gasteiger partial charge in [-0.25, -0.2) is 0 Å². The van der Waals surface area contributed by atoms with E-state index in [1.165, 1.54) is 10.4 Å². The first-order valence-corrected chi connectivity index (χ1v) is 9.14. The molecule has 22 heavy (non-hydrogen) atoms. The molecule has 3 aliphatic rings. The lowest BCUT2D eigenvalue weighted by atomic mass is 9.85. The maximum Gasteiger partial charge on any atom is 0.237 e. The normalized spacial score (nSPS) is 27.9. The number of carbonyl (C=O) groups is 2. The fourth-order valence-electron chi connectivity index (χ4n) is 4.38. The quantitative estimate of drug-likeness (QED) is 0.787. The number of carbonyl (C=O) groups excluding carboxylic acids is 2. The molecule has 1 unspecified atom stereocenters. The van der Waals surface area contributed by atoms with Crippen molar-refractivity contribution in [3.8, 4) is 0 Å². The molecule has 1 spiro atoms. The van der Waals surface area contributed by atoms with Crippen molar-refractivity contribution < 1.29 is 9.59 Å². The van der Waals surface area contributed by atoms with E-state index in [2.05, 4.69) is 23.3 Å². The van der Waals surface area contributed by atoms with E-state index in [0.29, 0.717) is 13.1 Å². The van der Waals surface area contributed by atoms with Crippen molar-refractivity contribution >= 4 is 23.2 Å². The van der Waals surface area contributed by atoms with Gasteiger partial charge in [0.2, 0.25) is 11.8 Å². The summed E-state index contributed by atoms with van der Waals surface area (Å²) in [7, 11) is 0. The zero-order valence-corrected chi connectivity index (χ0v) is 13.8. The average Bonchev–Trinajstić information content (AvgIpc) is 3.19. The van der Waals surface area contributed by atoms with Crippen LogP contribution in [0.25, 0.3) is 0 Å². The lowest BCUT2D eigenvalue weighted by Crippen LogP contribution is -2.45. The number of likely N-dealkylation sites (tertiary alicyclic amines) is 1. The van der Waals surface area contributed by atoms with Crippen LogP contribution in [0.1, 0.15) is 55.5 Å². The Morgan fingerprint density at radius 1 is 1.32 bits per heavy atom. The third kappa shape index (κ3) is 2.06. The van der Waals surface area contributed by atoms with Gasteiger partial charge in [0.25, 0.3) is 0 Å². The molecule has 1 aromatic heterocycles. The van der Waals surface area contributed by atoms with E-state index in [0.717, 1.165) is 38.6 Å². The topological polar surface area (TPSA) is 40.6 Å². The molecule has 5 heteroatoms. The smallest absolute Gasteiger partial charge is 0.237 e. The zero-order chi connectivity index (χ0) is 15.3. The van der Waals surface area contributed by atoms with E-state index in [1.54, 1.807) is 4.90 Å². The summed E-state index contributed by atoms with van der Waals surface area (Å²) in [5, 5.41) is 2.14. The summed E-state index contributed by atoms with van der Waals surface area (Å²) in [5.74, 6) is 0.133. The van der Waals surface area contributed by atoms with Crippen molar-refractivity contribution in [1.29, 1.82) is 0 Å². The first-order valence-electron chi connectivity index (χ1n) is 8.26. The maximum atomic E-state index is 12.8. The summed E-state index contributed by atoms with van der Waals surface area (Å²) < 4.78 is 0. The number of nitrogens with zero attached hydrogens (tertiary/aromatic N) is 2. The molecule has 1 atom stereocenters. The highest BCUT2D eigenvalue weighted by Crippen LogP contribution is 2.47. The van der Waals surface area contributed by atoms with Crippen molar-refractivity contribution in [3.05, 3.63) is 21.9 Å². The standard InChI is InChI=1S/C17H22N2O2S/c1-12-13-5-9-22-14(13)4-8-18(12)11-19-15(20)10-17(16(19)21)6-2-3-7-17/h5,9,12H,2-4,6-8,10-11H2,1H3. The monoisotopic (exact) mass is 318 g/mol. The molecule has 1 aromatic rings. The predicted octanol–water partition coefficient (Wildman–Crippen LogP) is 2.94. The van der Waals surface area contributed by atoms with Crippen LogP contribution in [0.4, 0.5) is 0 Å². The first-order chi connectivity index (χ1) is 10.6. The van der Waals surface area contributed by atoms with Gasteiger partial charge >= 0.3 is 0 Å². The van der Waals surface area contributed by atoms with Crippen LogP contribution in [-0.4, -0.2) is 34.8 Å². The van der Waals surface area contributed by atoms with Crippen molar-refractivity contribution in [2.45, 2.75) is 51.5 Å². The Kier molecular flexibility index (Phi) is 3.38. The zero-order valence-electron chi connectivity index (χ0n) is 13.0. The highest BCUT2D eigenvalue weighted by atomic mass is 32.1. The first kappa shape index (κ1) is 14.4. The number of amides is 2. The predicted molar refractivity (Wildman–Crippen MR) is 85.4 cm³/mol. The second-order valence-corrected chi connectivity index (χ2v) is 7.97. The Hall–Kier alpha value is -1.20. The Labute approximate surface area is 135 Å². The number of hydrogen-bond donors (Lipinski definition) is 0. The molecule has 3 heterocycles. The van der Waals surface area contributed by atoms with Crippen LogP contribution in [0.2, 0.25) is 0 Å². The molecule has 118 valence electrons. The minimum atomic E-state index is -0.344. The average molecular weight is 318 g/mol. The number of rotatable bonds is 2. The molecule has 4 rings (SSSR count). The van der Waals surface area contributed by atoms with E-state index in [4.69, 9.17) is 0 Å². The third-order valence-electron chi connectivity index (χ3n) is 5.78. The number of fused-ring (bicyclic) bond motifs is 1. The van der Waals surface area contributed by atoms with E-state index in [-0.39, 0.29) is 23.3 Å². The molecule has 0 radical (unpaired) electrons. The van der Waals surface area contributed by atoms with Gasteiger partial charge in [-0.15, -0.1) is 11.3 Å². The fourth-order valence-corrected chi connectivity index (χ4v) is 5.34. The van der Waals surface area contributed by atoms with Crippen molar-refractivity contribution in [1.82, 2.24) is 9.80 Å². The van der Waals surface area contributed by atoms with Gasteiger partial charge in [-0.3, -0.25) is 19.4 Å². The number of hydrogen-bond acceptors (Lipinski definition) is 4. The highest BCUT2D eigenvalue weighted by Gasteiger charge is 2.52. The van der Waals surface area contributed by atoms with Gasteiger partial charge in [0.05, 0.1) is 12.1 Å². The molecule has 1 saturated carbocycles. The summed E-state index contributed by atoms with van der Waals surface area (Å²) >= 11 is 1.82. The SMILES string of the molecule is CC1c2ccsc2CCN1CN1C(=O)CC2(CCCC2)C1=O. The van der Waals surface area contributed by atoms with Crippen LogP contribution in [0.15, 0.2) is 11.4 Å². The molecular weight excluding hydrogens is 296 g/mol.